The Morgan fingerprint density at radius 3 is 1.68 bits per heavy atom. The standard InChI is InChI=1S/C29H24O2/c1-22-13-11-12-20-26(22)29(25-18-9-4-10-19-25,28(31)24-16-7-3-8-17-24)21-27(30)23-14-5-2-6-15-23/h2-20H,21H2,1H3. The average Bonchev–Trinajstić information content (AvgIpc) is 2.84. The number of carbonyl (C=O) groups excluding carboxylic acids is 2. The molecule has 0 N–H and O–H groups in total. The number of hydrogen-bond donors (Lipinski definition) is 0. The topological polar surface area (TPSA) is 34.1 Å². The fraction of sp³-hybridized carbons (Fsp3) is 0.103. The highest BCUT2D eigenvalue weighted by Crippen LogP contribution is 2.41. The van der Waals surface area contributed by atoms with Gasteiger partial charge in [-0.25, -0.2) is 0 Å². The SMILES string of the molecule is Cc1ccccc1C(CC(=O)c1ccccc1)(C(=O)c1ccccc1)c1ccccc1. The van der Waals surface area contributed by atoms with Gasteiger partial charge in [-0.15, -0.1) is 0 Å². The number of rotatable bonds is 7. The molecule has 0 radical (unpaired) electrons. The van der Waals surface area contributed by atoms with Gasteiger partial charge in [0.25, 0.3) is 0 Å². The van der Waals surface area contributed by atoms with E-state index in [0.717, 1.165) is 16.7 Å². The summed E-state index contributed by atoms with van der Waals surface area (Å²) in [7, 11) is 0. The van der Waals surface area contributed by atoms with E-state index in [0.29, 0.717) is 11.1 Å². The maximum atomic E-state index is 14.2. The van der Waals surface area contributed by atoms with Gasteiger partial charge < -0.3 is 0 Å². The van der Waals surface area contributed by atoms with Gasteiger partial charge in [0.15, 0.2) is 11.6 Å². The van der Waals surface area contributed by atoms with E-state index in [1.54, 1.807) is 0 Å². The van der Waals surface area contributed by atoms with Crippen LogP contribution in [-0.2, 0) is 5.41 Å². The van der Waals surface area contributed by atoms with Crippen molar-refractivity contribution in [3.05, 3.63) is 143 Å². The molecule has 0 saturated carbocycles. The van der Waals surface area contributed by atoms with Crippen molar-refractivity contribution in [2.75, 3.05) is 0 Å². The Labute approximate surface area is 183 Å². The van der Waals surface area contributed by atoms with E-state index in [2.05, 4.69) is 0 Å². The number of benzene rings is 4. The maximum absolute atomic E-state index is 14.2. The first-order chi connectivity index (χ1) is 15.1. The Morgan fingerprint density at radius 2 is 1.10 bits per heavy atom. The van der Waals surface area contributed by atoms with E-state index in [1.165, 1.54) is 0 Å². The summed E-state index contributed by atoms with van der Waals surface area (Å²) in [6.45, 7) is 2.00. The minimum atomic E-state index is -1.12. The summed E-state index contributed by atoms with van der Waals surface area (Å²) >= 11 is 0. The van der Waals surface area contributed by atoms with Crippen LogP contribution in [0.1, 0.15) is 43.8 Å². The monoisotopic (exact) mass is 404 g/mol. The van der Waals surface area contributed by atoms with Gasteiger partial charge in [0, 0.05) is 17.5 Å². The molecule has 0 aromatic heterocycles. The molecule has 0 fully saturated rings. The van der Waals surface area contributed by atoms with Crippen LogP contribution in [0.25, 0.3) is 0 Å². The Bertz CT molecular complexity index is 1180. The van der Waals surface area contributed by atoms with E-state index in [4.69, 9.17) is 0 Å². The van der Waals surface area contributed by atoms with Crippen LogP contribution in [0.5, 0.6) is 0 Å². The zero-order valence-electron chi connectivity index (χ0n) is 17.5. The van der Waals surface area contributed by atoms with Crippen LogP contribution in [0.15, 0.2) is 115 Å². The quantitative estimate of drug-likeness (QED) is 0.332. The zero-order valence-corrected chi connectivity index (χ0v) is 17.5. The number of carbonyl (C=O) groups is 2. The van der Waals surface area contributed by atoms with E-state index in [9.17, 15) is 9.59 Å². The highest BCUT2D eigenvalue weighted by atomic mass is 16.1. The summed E-state index contributed by atoms with van der Waals surface area (Å²) < 4.78 is 0. The second-order valence-electron chi connectivity index (χ2n) is 7.75. The first-order valence-electron chi connectivity index (χ1n) is 10.4. The van der Waals surface area contributed by atoms with Crippen molar-refractivity contribution in [3.8, 4) is 0 Å². The van der Waals surface area contributed by atoms with Gasteiger partial charge in [0.2, 0.25) is 0 Å². The van der Waals surface area contributed by atoms with Crippen LogP contribution in [0.4, 0.5) is 0 Å². The smallest absolute Gasteiger partial charge is 0.178 e. The van der Waals surface area contributed by atoms with E-state index >= 15 is 0 Å². The highest BCUT2D eigenvalue weighted by molar-refractivity contribution is 6.11. The molecule has 1 unspecified atom stereocenters. The number of aryl methyl sites for hydroxylation is 1. The van der Waals surface area contributed by atoms with E-state index in [-0.39, 0.29) is 18.0 Å². The second-order valence-corrected chi connectivity index (χ2v) is 7.75. The Hall–Kier alpha value is -3.78. The zero-order chi connectivity index (χ0) is 21.7. The predicted octanol–water partition coefficient (Wildman–Crippen LogP) is 6.44. The van der Waals surface area contributed by atoms with Crippen LogP contribution in [0.2, 0.25) is 0 Å². The molecule has 0 amide bonds. The molecule has 2 nitrogen and oxygen atoms in total. The van der Waals surface area contributed by atoms with Gasteiger partial charge in [0.05, 0.1) is 5.41 Å². The predicted molar refractivity (Wildman–Crippen MR) is 125 cm³/mol. The molecule has 2 heteroatoms. The van der Waals surface area contributed by atoms with Crippen LogP contribution < -0.4 is 0 Å². The van der Waals surface area contributed by atoms with E-state index < -0.39 is 5.41 Å². The molecule has 0 aliphatic heterocycles. The summed E-state index contributed by atoms with van der Waals surface area (Å²) in [5.74, 6) is -0.130. The van der Waals surface area contributed by atoms with Gasteiger partial charge in [-0.05, 0) is 23.6 Å². The lowest BCUT2D eigenvalue weighted by atomic mass is 9.65. The third-order valence-electron chi connectivity index (χ3n) is 5.82. The molecular formula is C29H24O2. The van der Waals surface area contributed by atoms with Gasteiger partial charge >= 0.3 is 0 Å². The minimum absolute atomic E-state index is 0.0552. The third kappa shape index (κ3) is 3.97. The molecule has 0 aliphatic rings. The van der Waals surface area contributed by atoms with Gasteiger partial charge in [0.1, 0.15) is 0 Å². The lowest BCUT2D eigenvalue weighted by molar-refractivity contribution is 0.0843. The molecule has 4 rings (SSSR count). The van der Waals surface area contributed by atoms with E-state index in [1.807, 2.05) is 122 Å². The fourth-order valence-corrected chi connectivity index (χ4v) is 4.26. The second kappa shape index (κ2) is 8.93. The normalized spacial score (nSPS) is 12.7. The highest BCUT2D eigenvalue weighted by Gasteiger charge is 2.44. The van der Waals surface area contributed by atoms with Gasteiger partial charge in [-0.3, -0.25) is 9.59 Å². The van der Waals surface area contributed by atoms with Crippen LogP contribution in [-0.4, -0.2) is 11.6 Å². The van der Waals surface area contributed by atoms with Crippen LogP contribution in [0.3, 0.4) is 0 Å². The van der Waals surface area contributed by atoms with Crippen LogP contribution >= 0.6 is 0 Å². The minimum Gasteiger partial charge on any atom is -0.294 e. The summed E-state index contributed by atoms with van der Waals surface area (Å²) in [4.78, 5) is 27.7. The van der Waals surface area contributed by atoms with Crippen molar-refractivity contribution in [1.29, 1.82) is 0 Å². The molecule has 31 heavy (non-hydrogen) atoms. The van der Waals surface area contributed by atoms with Crippen molar-refractivity contribution in [2.24, 2.45) is 0 Å². The van der Waals surface area contributed by atoms with Gasteiger partial charge in [-0.2, -0.15) is 0 Å². The van der Waals surface area contributed by atoms with Crippen LogP contribution in [0, 0.1) is 6.92 Å². The number of ketones is 2. The van der Waals surface area contributed by atoms with Gasteiger partial charge in [-0.1, -0.05) is 115 Å². The molecule has 152 valence electrons. The Kier molecular flexibility index (Phi) is 5.90. The Morgan fingerprint density at radius 1 is 0.613 bits per heavy atom. The molecular weight excluding hydrogens is 380 g/mol. The molecule has 0 spiro atoms. The summed E-state index contributed by atoms with van der Waals surface area (Å²) in [5.41, 5.74) is 2.74. The van der Waals surface area contributed by atoms with Crippen molar-refractivity contribution in [1.82, 2.24) is 0 Å². The summed E-state index contributed by atoms with van der Waals surface area (Å²) in [5, 5.41) is 0. The number of hydrogen-bond acceptors (Lipinski definition) is 2. The lowest BCUT2D eigenvalue weighted by Crippen LogP contribution is -2.40. The lowest BCUT2D eigenvalue weighted by Gasteiger charge is -2.34. The largest absolute Gasteiger partial charge is 0.294 e. The van der Waals surface area contributed by atoms with Crippen molar-refractivity contribution >= 4 is 11.6 Å². The molecule has 0 aliphatic carbocycles. The third-order valence-corrected chi connectivity index (χ3v) is 5.82. The molecule has 1 atom stereocenters. The molecule has 0 saturated heterocycles. The molecule has 0 heterocycles. The summed E-state index contributed by atoms with van der Waals surface area (Å²) in [6.07, 6.45) is 0.0552. The summed E-state index contributed by atoms with van der Waals surface area (Å²) in [6, 6.07) is 36.0. The molecule has 4 aromatic rings. The first-order valence-corrected chi connectivity index (χ1v) is 10.4. The average molecular weight is 405 g/mol. The maximum Gasteiger partial charge on any atom is 0.178 e. The number of Topliss-reactive ketones (excluding diaryl/α,β-unsaturated/α-hetero) is 2. The van der Waals surface area contributed by atoms with Crippen molar-refractivity contribution in [3.63, 3.8) is 0 Å². The fourth-order valence-electron chi connectivity index (χ4n) is 4.26. The first kappa shape index (κ1) is 20.5. The molecule has 4 aromatic carbocycles. The molecule has 0 bridgehead atoms. The van der Waals surface area contributed by atoms with Crippen molar-refractivity contribution < 1.29 is 9.59 Å². The Balaban J connectivity index is 1.98. The van der Waals surface area contributed by atoms with Crippen molar-refractivity contribution in [2.45, 2.75) is 18.8 Å².